The first-order valence-corrected chi connectivity index (χ1v) is 7.20. The highest BCUT2D eigenvalue weighted by Gasteiger charge is 2.10. The zero-order chi connectivity index (χ0) is 13.1. The SMILES string of the molecule is Cc1cc(C=O)cnc1N(C)CCS(C)(=O)=O. The molecule has 5 nitrogen and oxygen atoms in total. The summed E-state index contributed by atoms with van der Waals surface area (Å²) in [6.45, 7) is 2.22. The van der Waals surface area contributed by atoms with Gasteiger partial charge >= 0.3 is 0 Å². The molecular formula is C11H16N2O3S. The van der Waals surface area contributed by atoms with Gasteiger partial charge in [-0.05, 0) is 18.6 Å². The monoisotopic (exact) mass is 256 g/mol. The molecule has 0 amide bonds. The van der Waals surface area contributed by atoms with Gasteiger partial charge in [0.1, 0.15) is 15.7 Å². The van der Waals surface area contributed by atoms with E-state index in [1.807, 2.05) is 6.92 Å². The first-order valence-electron chi connectivity index (χ1n) is 5.14. The number of nitrogens with zero attached hydrogens (tertiary/aromatic N) is 2. The number of hydrogen-bond acceptors (Lipinski definition) is 5. The topological polar surface area (TPSA) is 67.3 Å². The van der Waals surface area contributed by atoms with E-state index >= 15 is 0 Å². The minimum atomic E-state index is -2.98. The Kier molecular flexibility index (Phi) is 4.22. The molecule has 0 aromatic carbocycles. The van der Waals surface area contributed by atoms with Crippen LogP contribution in [0.1, 0.15) is 15.9 Å². The number of aldehydes is 1. The van der Waals surface area contributed by atoms with Gasteiger partial charge in [-0.25, -0.2) is 13.4 Å². The Morgan fingerprint density at radius 3 is 2.59 bits per heavy atom. The molecule has 0 saturated heterocycles. The van der Waals surface area contributed by atoms with Crippen LogP contribution in [0.2, 0.25) is 0 Å². The minimum Gasteiger partial charge on any atom is -0.358 e. The summed E-state index contributed by atoms with van der Waals surface area (Å²) in [5.74, 6) is 0.777. The molecule has 1 aromatic heterocycles. The molecule has 0 saturated carbocycles. The molecule has 0 N–H and O–H groups in total. The molecule has 0 atom stereocenters. The van der Waals surface area contributed by atoms with Crippen molar-refractivity contribution < 1.29 is 13.2 Å². The van der Waals surface area contributed by atoms with E-state index in [4.69, 9.17) is 0 Å². The zero-order valence-corrected chi connectivity index (χ0v) is 11.0. The molecule has 0 radical (unpaired) electrons. The first kappa shape index (κ1) is 13.6. The van der Waals surface area contributed by atoms with Gasteiger partial charge in [0.05, 0.1) is 5.75 Å². The number of carbonyl (C=O) groups excluding carboxylic acids is 1. The van der Waals surface area contributed by atoms with E-state index in [0.29, 0.717) is 17.9 Å². The van der Waals surface area contributed by atoms with Gasteiger partial charge in [0.2, 0.25) is 0 Å². The summed E-state index contributed by atoms with van der Waals surface area (Å²) in [5.41, 5.74) is 1.37. The van der Waals surface area contributed by atoms with E-state index < -0.39 is 9.84 Å². The van der Waals surface area contributed by atoms with Crippen LogP contribution in [0.4, 0.5) is 5.82 Å². The van der Waals surface area contributed by atoms with Crippen LogP contribution in [0.3, 0.4) is 0 Å². The summed E-state index contributed by atoms with van der Waals surface area (Å²) in [4.78, 5) is 16.5. The normalized spacial score (nSPS) is 11.2. The summed E-state index contributed by atoms with van der Waals surface area (Å²) in [6, 6.07) is 1.73. The fourth-order valence-electron chi connectivity index (χ4n) is 1.46. The maximum Gasteiger partial charge on any atom is 0.151 e. The van der Waals surface area contributed by atoms with Gasteiger partial charge in [0, 0.05) is 31.6 Å². The number of hydrogen-bond donors (Lipinski definition) is 0. The predicted octanol–water partition coefficient (Wildman–Crippen LogP) is 0.683. The number of pyridine rings is 1. The van der Waals surface area contributed by atoms with E-state index in [1.54, 1.807) is 18.0 Å². The van der Waals surface area contributed by atoms with Crippen molar-refractivity contribution >= 4 is 21.9 Å². The summed E-state index contributed by atoms with van der Waals surface area (Å²) in [5, 5.41) is 0. The number of sulfone groups is 1. The van der Waals surface area contributed by atoms with Crippen molar-refractivity contribution in [3.05, 3.63) is 23.4 Å². The Hall–Kier alpha value is -1.43. The zero-order valence-electron chi connectivity index (χ0n) is 10.2. The Balaban J connectivity index is 2.82. The second-order valence-electron chi connectivity index (χ2n) is 4.08. The maximum atomic E-state index is 11.1. The number of aromatic nitrogens is 1. The molecule has 1 aromatic rings. The van der Waals surface area contributed by atoms with Crippen LogP contribution >= 0.6 is 0 Å². The van der Waals surface area contributed by atoms with Crippen LogP contribution in [-0.2, 0) is 9.84 Å². The quantitative estimate of drug-likeness (QED) is 0.725. The van der Waals surface area contributed by atoms with Gasteiger partial charge in [-0.2, -0.15) is 0 Å². The molecule has 0 aliphatic rings. The predicted molar refractivity (Wildman–Crippen MR) is 67.3 cm³/mol. The molecule has 0 aliphatic heterocycles. The third kappa shape index (κ3) is 4.14. The molecule has 17 heavy (non-hydrogen) atoms. The molecule has 0 spiro atoms. The van der Waals surface area contributed by atoms with E-state index in [2.05, 4.69) is 4.98 Å². The van der Waals surface area contributed by atoms with E-state index in [9.17, 15) is 13.2 Å². The lowest BCUT2D eigenvalue weighted by Gasteiger charge is -2.19. The molecular weight excluding hydrogens is 240 g/mol. The van der Waals surface area contributed by atoms with Crippen molar-refractivity contribution in [2.45, 2.75) is 6.92 Å². The van der Waals surface area contributed by atoms with E-state index in [1.165, 1.54) is 12.5 Å². The Morgan fingerprint density at radius 2 is 2.12 bits per heavy atom. The summed E-state index contributed by atoms with van der Waals surface area (Å²) in [7, 11) is -1.20. The smallest absolute Gasteiger partial charge is 0.151 e. The Morgan fingerprint density at radius 1 is 1.47 bits per heavy atom. The highest BCUT2D eigenvalue weighted by Crippen LogP contribution is 2.15. The van der Waals surface area contributed by atoms with Crippen LogP contribution in [0, 0.1) is 6.92 Å². The average molecular weight is 256 g/mol. The van der Waals surface area contributed by atoms with Crippen LogP contribution in [0.5, 0.6) is 0 Å². The standard InChI is InChI=1S/C11H16N2O3S/c1-9-6-10(8-14)7-12-11(9)13(2)4-5-17(3,15)16/h6-8H,4-5H2,1-3H3. The van der Waals surface area contributed by atoms with Crippen molar-refractivity contribution in [3.8, 4) is 0 Å². The lowest BCUT2D eigenvalue weighted by molar-refractivity contribution is 0.112. The molecule has 0 bridgehead atoms. The highest BCUT2D eigenvalue weighted by atomic mass is 32.2. The van der Waals surface area contributed by atoms with Crippen LogP contribution in [0.25, 0.3) is 0 Å². The Bertz CT molecular complexity index is 511. The largest absolute Gasteiger partial charge is 0.358 e. The summed E-state index contributed by atoms with van der Waals surface area (Å²) < 4.78 is 22.1. The fourth-order valence-corrected chi connectivity index (χ4v) is 2.07. The van der Waals surface area contributed by atoms with Gasteiger partial charge in [-0.15, -0.1) is 0 Å². The summed E-state index contributed by atoms with van der Waals surface area (Å²) >= 11 is 0. The number of carbonyl (C=O) groups is 1. The number of rotatable bonds is 5. The number of aryl methyl sites for hydroxylation is 1. The average Bonchev–Trinajstić information content (AvgIpc) is 2.24. The van der Waals surface area contributed by atoms with E-state index in [0.717, 1.165) is 11.8 Å². The molecule has 1 heterocycles. The second-order valence-corrected chi connectivity index (χ2v) is 6.34. The maximum absolute atomic E-state index is 11.1. The molecule has 6 heteroatoms. The Labute approximate surface area is 101 Å². The third-order valence-electron chi connectivity index (χ3n) is 2.37. The van der Waals surface area contributed by atoms with Crippen molar-refractivity contribution in [1.29, 1.82) is 0 Å². The van der Waals surface area contributed by atoms with Crippen LogP contribution in [0.15, 0.2) is 12.3 Å². The summed E-state index contributed by atoms with van der Waals surface area (Å²) in [6.07, 6.45) is 3.42. The van der Waals surface area contributed by atoms with Crippen molar-refractivity contribution in [3.63, 3.8) is 0 Å². The van der Waals surface area contributed by atoms with Gasteiger partial charge < -0.3 is 4.90 Å². The van der Waals surface area contributed by atoms with Gasteiger partial charge in [0.25, 0.3) is 0 Å². The lowest BCUT2D eigenvalue weighted by atomic mass is 10.2. The van der Waals surface area contributed by atoms with Crippen LogP contribution < -0.4 is 4.90 Å². The molecule has 0 unspecified atom stereocenters. The van der Waals surface area contributed by atoms with Gasteiger partial charge in [-0.3, -0.25) is 4.79 Å². The van der Waals surface area contributed by atoms with Crippen molar-refractivity contribution in [2.75, 3.05) is 30.5 Å². The van der Waals surface area contributed by atoms with Crippen molar-refractivity contribution in [2.24, 2.45) is 0 Å². The van der Waals surface area contributed by atoms with Crippen molar-refractivity contribution in [1.82, 2.24) is 4.98 Å². The lowest BCUT2D eigenvalue weighted by Crippen LogP contribution is -2.26. The molecule has 1 rings (SSSR count). The van der Waals surface area contributed by atoms with Gasteiger partial charge in [-0.1, -0.05) is 0 Å². The van der Waals surface area contributed by atoms with E-state index in [-0.39, 0.29) is 5.75 Å². The molecule has 94 valence electrons. The number of anilines is 1. The van der Waals surface area contributed by atoms with Crippen LogP contribution in [-0.4, -0.2) is 45.3 Å². The first-order chi connectivity index (χ1) is 7.83. The molecule has 0 aliphatic carbocycles. The second kappa shape index (κ2) is 5.27. The highest BCUT2D eigenvalue weighted by molar-refractivity contribution is 7.90. The van der Waals surface area contributed by atoms with Gasteiger partial charge in [0.15, 0.2) is 6.29 Å². The molecule has 0 fully saturated rings. The fraction of sp³-hybridized carbons (Fsp3) is 0.455. The third-order valence-corrected chi connectivity index (χ3v) is 3.29. The minimum absolute atomic E-state index is 0.0834.